The third-order valence-electron chi connectivity index (χ3n) is 5.96. The molecule has 1 aliphatic heterocycles. The van der Waals surface area contributed by atoms with Crippen molar-refractivity contribution in [2.24, 2.45) is 21.9 Å². The second-order valence-corrected chi connectivity index (χ2v) is 9.00. The van der Waals surface area contributed by atoms with Crippen LogP contribution in [-0.4, -0.2) is 34.4 Å². The Balaban J connectivity index is 1.48. The number of carbonyl (C=O) groups is 3. The van der Waals surface area contributed by atoms with Crippen molar-refractivity contribution in [3.8, 4) is 5.75 Å². The molecular formula is C28H21ClN6O4. The van der Waals surface area contributed by atoms with Crippen LogP contribution in [0.3, 0.4) is 0 Å². The van der Waals surface area contributed by atoms with E-state index in [0.29, 0.717) is 21.8 Å². The summed E-state index contributed by atoms with van der Waals surface area (Å²) >= 11 is 5.93. The Morgan fingerprint density at radius 1 is 0.949 bits per heavy atom. The van der Waals surface area contributed by atoms with E-state index in [-0.39, 0.29) is 17.1 Å². The highest BCUT2D eigenvalue weighted by atomic mass is 35.5. The summed E-state index contributed by atoms with van der Waals surface area (Å²) in [7, 11) is 0. The average molecular weight is 541 g/mol. The SMILES string of the molecule is NC1=NN(c2ccccc2)C(=O)C1C(=NNC(=O)c1cc2ccccc2cc1O)C(=O)Nc1ccc(Cl)cc1. The molecule has 4 aromatic rings. The topological polar surface area (TPSA) is 149 Å². The van der Waals surface area contributed by atoms with Gasteiger partial charge in [0.15, 0.2) is 0 Å². The summed E-state index contributed by atoms with van der Waals surface area (Å²) in [5.74, 6) is -4.07. The van der Waals surface area contributed by atoms with E-state index in [1.807, 2.05) is 0 Å². The fourth-order valence-corrected chi connectivity index (χ4v) is 4.16. The average Bonchev–Trinajstić information content (AvgIpc) is 3.23. The molecule has 0 radical (unpaired) electrons. The van der Waals surface area contributed by atoms with Crippen LogP contribution in [0.4, 0.5) is 11.4 Å². The third-order valence-corrected chi connectivity index (χ3v) is 6.21. The van der Waals surface area contributed by atoms with Crippen LogP contribution in [0.15, 0.2) is 101 Å². The number of benzene rings is 4. The van der Waals surface area contributed by atoms with Crippen molar-refractivity contribution in [3.63, 3.8) is 0 Å². The number of hydrazone groups is 2. The summed E-state index contributed by atoms with van der Waals surface area (Å²) in [6.07, 6.45) is 0. The van der Waals surface area contributed by atoms with E-state index >= 15 is 0 Å². The molecule has 5 N–H and O–H groups in total. The lowest BCUT2D eigenvalue weighted by molar-refractivity contribution is -0.119. The second kappa shape index (κ2) is 10.6. The lowest BCUT2D eigenvalue weighted by Crippen LogP contribution is -2.43. The summed E-state index contributed by atoms with van der Waals surface area (Å²) in [5, 5.41) is 24.2. The molecule has 0 aromatic heterocycles. The number of phenolic OH excluding ortho intramolecular Hbond substituents is 1. The number of para-hydroxylation sites is 1. The van der Waals surface area contributed by atoms with E-state index in [4.69, 9.17) is 17.3 Å². The molecule has 1 unspecified atom stereocenters. The minimum absolute atomic E-state index is 0.0693. The van der Waals surface area contributed by atoms with Gasteiger partial charge in [0.2, 0.25) is 0 Å². The number of hydrogen-bond donors (Lipinski definition) is 4. The van der Waals surface area contributed by atoms with E-state index in [1.165, 1.54) is 12.1 Å². The Hall–Kier alpha value is -5.22. The summed E-state index contributed by atoms with van der Waals surface area (Å²) < 4.78 is 0. The number of rotatable bonds is 6. The summed E-state index contributed by atoms with van der Waals surface area (Å²) in [5.41, 5.74) is 8.73. The largest absolute Gasteiger partial charge is 0.507 e. The fraction of sp³-hybridized carbons (Fsp3) is 0.0357. The van der Waals surface area contributed by atoms with Gasteiger partial charge in [-0.3, -0.25) is 14.4 Å². The van der Waals surface area contributed by atoms with E-state index in [1.54, 1.807) is 78.9 Å². The maximum absolute atomic E-state index is 13.4. The molecule has 0 aliphatic carbocycles. The number of aromatic hydroxyl groups is 1. The number of hydrogen-bond acceptors (Lipinski definition) is 7. The van der Waals surface area contributed by atoms with Gasteiger partial charge in [-0.25, -0.2) is 5.43 Å². The van der Waals surface area contributed by atoms with Gasteiger partial charge in [0.05, 0.1) is 11.3 Å². The first kappa shape index (κ1) is 25.4. The third kappa shape index (κ3) is 5.27. The molecule has 39 heavy (non-hydrogen) atoms. The fourth-order valence-electron chi connectivity index (χ4n) is 4.04. The number of phenols is 1. The van der Waals surface area contributed by atoms with Crippen molar-refractivity contribution in [3.05, 3.63) is 102 Å². The number of nitrogens with zero attached hydrogens (tertiary/aromatic N) is 3. The summed E-state index contributed by atoms with van der Waals surface area (Å²) in [6, 6.07) is 24.9. The minimum atomic E-state index is -1.39. The zero-order valence-electron chi connectivity index (χ0n) is 20.2. The summed E-state index contributed by atoms with van der Waals surface area (Å²) in [6.45, 7) is 0. The normalized spacial score (nSPS) is 15.3. The van der Waals surface area contributed by atoms with Crippen molar-refractivity contribution in [1.29, 1.82) is 0 Å². The van der Waals surface area contributed by atoms with E-state index < -0.39 is 29.4 Å². The van der Waals surface area contributed by atoms with Gasteiger partial charge in [0, 0.05) is 10.7 Å². The molecule has 0 saturated carbocycles. The molecule has 0 fully saturated rings. The van der Waals surface area contributed by atoms with Gasteiger partial charge in [0.25, 0.3) is 17.7 Å². The Morgan fingerprint density at radius 2 is 1.59 bits per heavy atom. The number of amidine groups is 1. The minimum Gasteiger partial charge on any atom is -0.507 e. The quantitative estimate of drug-likeness (QED) is 0.216. The number of anilines is 2. The molecule has 10 nitrogen and oxygen atoms in total. The van der Waals surface area contributed by atoms with E-state index in [0.717, 1.165) is 10.4 Å². The van der Waals surface area contributed by atoms with Crippen LogP contribution in [0.25, 0.3) is 10.8 Å². The van der Waals surface area contributed by atoms with Crippen LogP contribution >= 0.6 is 11.6 Å². The van der Waals surface area contributed by atoms with Gasteiger partial charge >= 0.3 is 0 Å². The van der Waals surface area contributed by atoms with Gasteiger partial charge in [0.1, 0.15) is 23.2 Å². The molecule has 4 aromatic carbocycles. The molecule has 0 bridgehead atoms. The Morgan fingerprint density at radius 3 is 2.28 bits per heavy atom. The van der Waals surface area contributed by atoms with Gasteiger partial charge in [-0.2, -0.15) is 15.2 Å². The molecule has 0 spiro atoms. The van der Waals surface area contributed by atoms with Gasteiger partial charge < -0.3 is 16.2 Å². The zero-order valence-corrected chi connectivity index (χ0v) is 21.0. The maximum atomic E-state index is 13.4. The number of amides is 3. The van der Waals surface area contributed by atoms with Gasteiger partial charge in [-0.05, 0) is 59.3 Å². The van der Waals surface area contributed by atoms with Crippen LogP contribution < -0.4 is 21.5 Å². The van der Waals surface area contributed by atoms with Crippen molar-refractivity contribution >= 4 is 63.0 Å². The molecule has 5 rings (SSSR count). The van der Waals surface area contributed by atoms with Crippen LogP contribution in [-0.2, 0) is 9.59 Å². The lowest BCUT2D eigenvalue weighted by atomic mass is 10.0. The zero-order chi connectivity index (χ0) is 27.5. The number of carbonyl (C=O) groups excluding carboxylic acids is 3. The van der Waals surface area contributed by atoms with Crippen molar-refractivity contribution in [1.82, 2.24) is 5.43 Å². The Bertz CT molecular complexity index is 1650. The van der Waals surface area contributed by atoms with Crippen LogP contribution in [0, 0.1) is 5.92 Å². The van der Waals surface area contributed by atoms with Crippen molar-refractivity contribution in [2.45, 2.75) is 0 Å². The molecule has 1 atom stereocenters. The van der Waals surface area contributed by atoms with Gasteiger partial charge in [-0.15, -0.1) is 0 Å². The first-order valence-electron chi connectivity index (χ1n) is 11.7. The maximum Gasteiger partial charge on any atom is 0.275 e. The number of fused-ring (bicyclic) bond motifs is 1. The standard InChI is InChI=1S/C28H21ClN6O4/c29-18-10-12-19(13-11-18)31-27(38)24(23-25(30)34-35(28(23)39)20-8-2-1-3-9-20)32-33-26(37)21-14-16-6-4-5-7-17(16)15-22(21)36/h1-15,23,36H,(H2,30,34)(H,31,38)(H,33,37). The van der Waals surface area contributed by atoms with Crippen molar-refractivity contribution in [2.75, 3.05) is 10.3 Å². The molecule has 3 amide bonds. The number of nitrogens with one attached hydrogen (secondary N) is 2. The first-order chi connectivity index (χ1) is 18.8. The summed E-state index contributed by atoms with van der Waals surface area (Å²) in [4.78, 5) is 39.7. The number of halogens is 1. The predicted molar refractivity (Wildman–Crippen MR) is 150 cm³/mol. The molecule has 1 heterocycles. The van der Waals surface area contributed by atoms with Crippen LogP contribution in [0.2, 0.25) is 5.02 Å². The molecule has 0 saturated heterocycles. The second-order valence-electron chi connectivity index (χ2n) is 8.56. The number of nitrogens with two attached hydrogens (primary N) is 1. The predicted octanol–water partition coefficient (Wildman–Crippen LogP) is 3.86. The smallest absolute Gasteiger partial charge is 0.275 e. The highest BCUT2D eigenvalue weighted by molar-refractivity contribution is 6.52. The van der Waals surface area contributed by atoms with Gasteiger partial charge in [-0.1, -0.05) is 54.1 Å². The highest BCUT2D eigenvalue weighted by Crippen LogP contribution is 2.26. The van der Waals surface area contributed by atoms with Crippen LogP contribution in [0.5, 0.6) is 5.75 Å². The van der Waals surface area contributed by atoms with E-state index in [9.17, 15) is 19.5 Å². The monoisotopic (exact) mass is 540 g/mol. The molecule has 11 heteroatoms. The van der Waals surface area contributed by atoms with Crippen molar-refractivity contribution < 1.29 is 19.5 Å². The first-order valence-corrected chi connectivity index (χ1v) is 12.1. The lowest BCUT2D eigenvalue weighted by Gasteiger charge is -2.16. The Kier molecular flexibility index (Phi) is 6.94. The molecule has 1 aliphatic rings. The van der Waals surface area contributed by atoms with E-state index in [2.05, 4.69) is 20.9 Å². The molecular weight excluding hydrogens is 520 g/mol. The Labute approximate surface area is 227 Å². The van der Waals surface area contributed by atoms with Crippen LogP contribution in [0.1, 0.15) is 10.4 Å². The highest BCUT2D eigenvalue weighted by Gasteiger charge is 2.42. The molecule has 194 valence electrons.